The van der Waals surface area contributed by atoms with Gasteiger partial charge in [-0.1, -0.05) is 63.4 Å². The second-order valence-electron chi connectivity index (χ2n) is 13.3. The quantitative estimate of drug-likeness (QED) is 0.332. The van der Waals surface area contributed by atoms with Gasteiger partial charge >= 0.3 is 0 Å². The van der Waals surface area contributed by atoms with Gasteiger partial charge in [-0.05, 0) is 62.7 Å². The van der Waals surface area contributed by atoms with Crippen molar-refractivity contribution in [2.75, 3.05) is 30.3 Å². The van der Waals surface area contributed by atoms with Crippen molar-refractivity contribution in [1.29, 1.82) is 0 Å². The van der Waals surface area contributed by atoms with Crippen LogP contribution >= 0.6 is 23.5 Å². The molecule has 2 aliphatic heterocycles. The van der Waals surface area contributed by atoms with E-state index in [1.807, 2.05) is 33.8 Å². The number of carbonyl (C=O) groups is 3. The Bertz CT molecular complexity index is 1020. The van der Waals surface area contributed by atoms with Crippen LogP contribution in [-0.2, 0) is 20.9 Å². The normalized spacial score (nSPS) is 22.7. The molecule has 0 bridgehead atoms. The Labute approximate surface area is 262 Å². The van der Waals surface area contributed by atoms with Gasteiger partial charge in [-0.15, -0.1) is 11.8 Å². The number of piperidine rings is 1. The highest BCUT2D eigenvalue weighted by molar-refractivity contribution is 8.00. The third-order valence-corrected chi connectivity index (χ3v) is 11.5. The minimum Gasteiger partial charge on any atom is -0.351 e. The Balaban J connectivity index is 1.36. The number of nitrogens with one attached hydrogen (secondary N) is 2. The van der Waals surface area contributed by atoms with E-state index >= 15 is 0 Å². The van der Waals surface area contributed by atoms with Crippen LogP contribution in [-0.4, -0.2) is 80.9 Å². The van der Waals surface area contributed by atoms with Gasteiger partial charge in [0.25, 0.3) is 0 Å². The number of benzene rings is 1. The zero-order valence-corrected chi connectivity index (χ0v) is 27.7. The third kappa shape index (κ3) is 9.65. The van der Waals surface area contributed by atoms with E-state index in [9.17, 15) is 14.4 Å². The Hall–Kier alpha value is -1.71. The van der Waals surface area contributed by atoms with Crippen molar-refractivity contribution in [3.05, 3.63) is 35.9 Å². The number of hydrogen-bond donors (Lipinski definition) is 2. The van der Waals surface area contributed by atoms with E-state index in [2.05, 4.69) is 39.8 Å². The van der Waals surface area contributed by atoms with E-state index in [0.717, 1.165) is 38.2 Å². The van der Waals surface area contributed by atoms with Crippen LogP contribution in [0.3, 0.4) is 0 Å². The molecule has 0 radical (unpaired) electrons. The topological polar surface area (TPSA) is 81.8 Å². The van der Waals surface area contributed by atoms with Crippen molar-refractivity contribution >= 4 is 41.2 Å². The van der Waals surface area contributed by atoms with E-state index in [0.29, 0.717) is 23.8 Å². The van der Waals surface area contributed by atoms with Gasteiger partial charge in [0.2, 0.25) is 17.7 Å². The van der Waals surface area contributed by atoms with E-state index in [1.165, 1.54) is 37.7 Å². The molecule has 3 aliphatic rings. The van der Waals surface area contributed by atoms with Crippen molar-refractivity contribution in [3.8, 4) is 0 Å². The predicted octanol–water partition coefficient (Wildman–Crippen LogP) is 5.29. The molecule has 4 rings (SSSR count). The molecule has 1 aromatic carbocycles. The second kappa shape index (κ2) is 15.8. The SMILES string of the molecule is CC(C)CC(=O)N1[C@H](C(=O)NC(CSCC2CCCCC2)C(=O)NC2CCN(Cc3ccccc3)CC2)CSC1(C)C. The van der Waals surface area contributed by atoms with Crippen LogP contribution in [0.1, 0.15) is 84.6 Å². The summed E-state index contributed by atoms with van der Waals surface area (Å²) in [5.41, 5.74) is 1.31. The number of nitrogens with zero attached hydrogens (tertiary/aromatic N) is 2. The van der Waals surface area contributed by atoms with Gasteiger partial charge in [0, 0.05) is 43.6 Å². The van der Waals surface area contributed by atoms with E-state index in [1.54, 1.807) is 28.4 Å². The fourth-order valence-electron chi connectivity index (χ4n) is 6.45. The minimum absolute atomic E-state index is 0.00934. The first kappa shape index (κ1) is 33.2. The maximum atomic E-state index is 13.7. The molecule has 1 unspecified atom stereocenters. The molecule has 234 valence electrons. The predicted molar refractivity (Wildman–Crippen MR) is 175 cm³/mol. The zero-order chi connectivity index (χ0) is 30.1. The molecule has 2 N–H and O–H groups in total. The Morgan fingerprint density at radius 2 is 1.71 bits per heavy atom. The van der Waals surface area contributed by atoms with Crippen LogP contribution in [0.15, 0.2) is 30.3 Å². The van der Waals surface area contributed by atoms with Crippen molar-refractivity contribution in [2.24, 2.45) is 11.8 Å². The first-order valence-electron chi connectivity index (χ1n) is 16.0. The molecule has 42 heavy (non-hydrogen) atoms. The Morgan fingerprint density at radius 3 is 2.38 bits per heavy atom. The van der Waals surface area contributed by atoms with Crippen molar-refractivity contribution in [3.63, 3.8) is 0 Å². The molecule has 2 atom stereocenters. The summed E-state index contributed by atoms with van der Waals surface area (Å²) in [5, 5.41) is 6.40. The summed E-state index contributed by atoms with van der Waals surface area (Å²) in [6.45, 7) is 10.9. The lowest BCUT2D eigenvalue weighted by atomic mass is 9.91. The highest BCUT2D eigenvalue weighted by Gasteiger charge is 2.47. The molecule has 3 amide bonds. The number of rotatable bonds is 12. The zero-order valence-electron chi connectivity index (χ0n) is 26.1. The Morgan fingerprint density at radius 1 is 1.02 bits per heavy atom. The molecule has 0 aromatic heterocycles. The smallest absolute Gasteiger partial charge is 0.244 e. The molecule has 1 aromatic rings. The van der Waals surface area contributed by atoms with Gasteiger partial charge in [0.15, 0.2) is 0 Å². The van der Waals surface area contributed by atoms with E-state index in [-0.39, 0.29) is 29.7 Å². The average molecular weight is 617 g/mol. The molecule has 1 aliphatic carbocycles. The summed E-state index contributed by atoms with van der Waals surface area (Å²) in [7, 11) is 0. The summed E-state index contributed by atoms with van der Waals surface area (Å²) in [5.74, 6) is 2.77. The average Bonchev–Trinajstić information content (AvgIpc) is 3.29. The lowest BCUT2D eigenvalue weighted by Gasteiger charge is -2.35. The van der Waals surface area contributed by atoms with Crippen molar-refractivity contribution < 1.29 is 14.4 Å². The molecule has 0 spiro atoms. The van der Waals surface area contributed by atoms with Crippen LogP contribution in [0.25, 0.3) is 0 Å². The first-order valence-corrected chi connectivity index (χ1v) is 18.2. The molecular formula is C33H52N4O3S2. The lowest BCUT2D eigenvalue weighted by molar-refractivity contribution is -0.143. The van der Waals surface area contributed by atoms with Gasteiger partial charge in [-0.3, -0.25) is 19.3 Å². The monoisotopic (exact) mass is 616 g/mol. The fraction of sp³-hybridized carbons (Fsp3) is 0.727. The molecular weight excluding hydrogens is 565 g/mol. The Kier molecular flexibility index (Phi) is 12.5. The minimum atomic E-state index is -0.607. The van der Waals surface area contributed by atoms with Crippen LogP contribution in [0, 0.1) is 11.8 Å². The molecule has 1 saturated carbocycles. The first-order chi connectivity index (χ1) is 20.1. The van der Waals surface area contributed by atoms with Gasteiger partial charge in [0.05, 0.1) is 4.87 Å². The summed E-state index contributed by atoms with van der Waals surface area (Å²) in [6.07, 6.45) is 8.66. The molecule has 2 heterocycles. The van der Waals surface area contributed by atoms with E-state index < -0.39 is 17.0 Å². The number of carbonyl (C=O) groups excluding carboxylic acids is 3. The van der Waals surface area contributed by atoms with Crippen LogP contribution in [0.2, 0.25) is 0 Å². The number of likely N-dealkylation sites (tertiary alicyclic amines) is 1. The third-order valence-electron chi connectivity index (χ3n) is 8.82. The number of amides is 3. The van der Waals surface area contributed by atoms with Gasteiger partial charge in [0.1, 0.15) is 12.1 Å². The highest BCUT2D eigenvalue weighted by atomic mass is 32.2. The van der Waals surface area contributed by atoms with Gasteiger partial charge in [-0.25, -0.2) is 0 Å². The summed E-state index contributed by atoms with van der Waals surface area (Å²) in [6, 6.07) is 9.46. The summed E-state index contributed by atoms with van der Waals surface area (Å²) >= 11 is 3.42. The summed E-state index contributed by atoms with van der Waals surface area (Å²) in [4.78, 5) is 44.3. The standard InChI is InChI=1S/C33H52N4O3S2/c1-24(2)19-30(38)37-29(23-42-33(37,3)4)32(40)35-28(22-41-21-26-13-9-6-10-14-26)31(39)34-27-15-17-36(18-16-27)20-25-11-7-5-8-12-25/h5,7-8,11-12,24,26-29H,6,9-10,13-23H2,1-4H3,(H,34,39)(H,35,40)/t28?,29-/m0/s1. The molecule has 7 nitrogen and oxygen atoms in total. The molecule has 2 saturated heterocycles. The largest absolute Gasteiger partial charge is 0.351 e. The van der Waals surface area contributed by atoms with Crippen LogP contribution in [0.4, 0.5) is 0 Å². The van der Waals surface area contributed by atoms with Crippen molar-refractivity contribution in [1.82, 2.24) is 20.4 Å². The second-order valence-corrected chi connectivity index (χ2v) is 16.0. The van der Waals surface area contributed by atoms with Crippen molar-refractivity contribution in [2.45, 2.75) is 109 Å². The van der Waals surface area contributed by atoms with Crippen LogP contribution in [0.5, 0.6) is 0 Å². The number of thioether (sulfide) groups is 2. The highest BCUT2D eigenvalue weighted by Crippen LogP contribution is 2.39. The van der Waals surface area contributed by atoms with E-state index in [4.69, 9.17) is 0 Å². The summed E-state index contributed by atoms with van der Waals surface area (Å²) < 4.78 is 0. The fourth-order valence-corrected chi connectivity index (χ4v) is 8.96. The number of hydrogen-bond acceptors (Lipinski definition) is 6. The maximum absolute atomic E-state index is 13.7. The molecule has 3 fully saturated rings. The van der Waals surface area contributed by atoms with Crippen LogP contribution < -0.4 is 10.6 Å². The van der Waals surface area contributed by atoms with Gasteiger partial charge in [-0.2, -0.15) is 11.8 Å². The van der Waals surface area contributed by atoms with Gasteiger partial charge < -0.3 is 15.5 Å². The lowest BCUT2D eigenvalue weighted by Crippen LogP contribution is -2.58. The molecule has 9 heteroatoms. The maximum Gasteiger partial charge on any atom is 0.244 e.